The van der Waals surface area contributed by atoms with E-state index >= 15 is 0 Å². The standard InChI is InChI=1S/C13H12BrN3/c14-9-2-1-3-10-8(9)7-15-12(16-10)17-11-6-13(11)4-5-13/h1-3,7,11H,4-6H2,(H,15,16,17). The number of halogens is 1. The molecule has 0 amide bonds. The lowest BCUT2D eigenvalue weighted by Gasteiger charge is -2.05. The molecule has 1 aromatic heterocycles. The molecule has 1 spiro atoms. The Kier molecular flexibility index (Phi) is 1.85. The second-order valence-corrected chi connectivity index (χ2v) is 5.98. The molecule has 2 aliphatic rings. The highest BCUT2D eigenvalue weighted by Crippen LogP contribution is 2.66. The molecule has 1 N–H and O–H groups in total. The molecule has 1 unspecified atom stereocenters. The highest BCUT2D eigenvalue weighted by atomic mass is 79.9. The first-order chi connectivity index (χ1) is 8.27. The minimum absolute atomic E-state index is 0.618. The predicted octanol–water partition coefficient (Wildman–Crippen LogP) is 3.36. The van der Waals surface area contributed by atoms with Crippen LogP contribution in [0.2, 0.25) is 0 Å². The van der Waals surface area contributed by atoms with Gasteiger partial charge in [-0.15, -0.1) is 0 Å². The van der Waals surface area contributed by atoms with Crippen molar-refractivity contribution in [2.24, 2.45) is 5.41 Å². The van der Waals surface area contributed by atoms with Gasteiger partial charge in [-0.3, -0.25) is 0 Å². The lowest BCUT2D eigenvalue weighted by molar-refractivity contribution is 0.846. The summed E-state index contributed by atoms with van der Waals surface area (Å²) in [5.41, 5.74) is 1.62. The Hall–Kier alpha value is -1.16. The fraction of sp³-hybridized carbons (Fsp3) is 0.385. The van der Waals surface area contributed by atoms with Crippen molar-refractivity contribution in [3.05, 3.63) is 28.9 Å². The summed E-state index contributed by atoms with van der Waals surface area (Å²) in [6.45, 7) is 0. The molecule has 1 heterocycles. The Bertz CT molecular complexity index is 607. The number of nitrogens with one attached hydrogen (secondary N) is 1. The Morgan fingerprint density at radius 2 is 2.24 bits per heavy atom. The summed E-state index contributed by atoms with van der Waals surface area (Å²) in [7, 11) is 0. The zero-order valence-corrected chi connectivity index (χ0v) is 10.9. The van der Waals surface area contributed by atoms with Gasteiger partial charge in [0, 0.05) is 22.1 Å². The molecule has 2 fully saturated rings. The number of hydrogen-bond acceptors (Lipinski definition) is 3. The molecule has 0 aliphatic heterocycles. The zero-order valence-electron chi connectivity index (χ0n) is 9.28. The SMILES string of the molecule is Brc1cccc2nc(NC3CC34CC4)ncc12. The van der Waals surface area contributed by atoms with Crippen molar-refractivity contribution < 1.29 is 0 Å². The van der Waals surface area contributed by atoms with Crippen LogP contribution in [0.25, 0.3) is 10.9 Å². The summed E-state index contributed by atoms with van der Waals surface area (Å²) in [6.07, 6.45) is 5.94. The lowest BCUT2D eigenvalue weighted by Crippen LogP contribution is -2.08. The highest BCUT2D eigenvalue weighted by Gasteiger charge is 2.63. The maximum Gasteiger partial charge on any atom is 0.223 e. The first kappa shape index (κ1) is 9.83. The van der Waals surface area contributed by atoms with Gasteiger partial charge in [0.1, 0.15) is 0 Å². The van der Waals surface area contributed by atoms with E-state index in [2.05, 4.69) is 31.2 Å². The van der Waals surface area contributed by atoms with Gasteiger partial charge in [0.15, 0.2) is 0 Å². The van der Waals surface area contributed by atoms with Crippen LogP contribution in [0.15, 0.2) is 28.9 Å². The van der Waals surface area contributed by atoms with Crippen molar-refractivity contribution in [3.63, 3.8) is 0 Å². The van der Waals surface area contributed by atoms with Crippen molar-refractivity contribution in [2.75, 3.05) is 5.32 Å². The van der Waals surface area contributed by atoms with Gasteiger partial charge in [0.2, 0.25) is 5.95 Å². The molecular formula is C13H12BrN3. The van der Waals surface area contributed by atoms with Crippen molar-refractivity contribution in [1.29, 1.82) is 0 Å². The first-order valence-corrected chi connectivity index (χ1v) is 6.74. The summed E-state index contributed by atoms with van der Waals surface area (Å²) in [6, 6.07) is 6.65. The summed E-state index contributed by atoms with van der Waals surface area (Å²) in [5.74, 6) is 0.768. The van der Waals surface area contributed by atoms with Gasteiger partial charge in [0.05, 0.1) is 5.52 Å². The van der Waals surface area contributed by atoms with Gasteiger partial charge in [-0.2, -0.15) is 0 Å². The van der Waals surface area contributed by atoms with Gasteiger partial charge in [-0.25, -0.2) is 9.97 Å². The van der Waals surface area contributed by atoms with Gasteiger partial charge < -0.3 is 5.32 Å². The molecule has 17 heavy (non-hydrogen) atoms. The molecule has 4 heteroatoms. The van der Waals surface area contributed by atoms with Gasteiger partial charge >= 0.3 is 0 Å². The topological polar surface area (TPSA) is 37.8 Å². The molecule has 2 aliphatic carbocycles. The summed E-state index contributed by atoms with van der Waals surface area (Å²) in [5, 5.41) is 4.51. The van der Waals surface area contributed by atoms with E-state index in [0.29, 0.717) is 11.5 Å². The van der Waals surface area contributed by atoms with Crippen LogP contribution in [0, 0.1) is 5.41 Å². The summed E-state index contributed by atoms with van der Waals surface area (Å²) < 4.78 is 1.05. The van der Waals surface area contributed by atoms with Crippen LogP contribution >= 0.6 is 15.9 Å². The third kappa shape index (κ3) is 1.54. The van der Waals surface area contributed by atoms with E-state index in [0.717, 1.165) is 21.3 Å². The molecule has 2 aromatic rings. The number of nitrogens with zero attached hydrogens (tertiary/aromatic N) is 2. The van der Waals surface area contributed by atoms with Crippen LogP contribution in [0.1, 0.15) is 19.3 Å². The first-order valence-electron chi connectivity index (χ1n) is 5.95. The second kappa shape index (κ2) is 3.19. The number of rotatable bonds is 2. The van der Waals surface area contributed by atoms with E-state index in [1.54, 1.807) is 0 Å². The Morgan fingerprint density at radius 3 is 3.00 bits per heavy atom. The summed E-state index contributed by atoms with van der Waals surface area (Å²) in [4.78, 5) is 8.95. The van der Waals surface area contributed by atoms with Crippen LogP contribution in [-0.4, -0.2) is 16.0 Å². The van der Waals surface area contributed by atoms with E-state index in [1.807, 2.05) is 24.4 Å². The predicted molar refractivity (Wildman–Crippen MR) is 70.9 cm³/mol. The van der Waals surface area contributed by atoms with Crippen LogP contribution in [0.4, 0.5) is 5.95 Å². The van der Waals surface area contributed by atoms with Gasteiger partial charge in [-0.1, -0.05) is 22.0 Å². The second-order valence-electron chi connectivity index (χ2n) is 5.13. The average Bonchev–Trinajstić information content (AvgIpc) is 3.22. The average molecular weight is 290 g/mol. The number of benzene rings is 1. The molecule has 4 rings (SSSR count). The Labute approximate surface area is 108 Å². The van der Waals surface area contributed by atoms with Crippen LogP contribution < -0.4 is 5.32 Å². The molecule has 3 nitrogen and oxygen atoms in total. The fourth-order valence-corrected chi connectivity index (χ4v) is 2.97. The molecule has 0 bridgehead atoms. The largest absolute Gasteiger partial charge is 0.351 e. The zero-order chi connectivity index (χ0) is 11.5. The van der Waals surface area contributed by atoms with Crippen molar-refractivity contribution in [2.45, 2.75) is 25.3 Å². The third-order valence-corrected chi connectivity index (χ3v) is 4.65. The van der Waals surface area contributed by atoms with Crippen LogP contribution in [0.5, 0.6) is 0 Å². The lowest BCUT2D eigenvalue weighted by atomic mass is 10.2. The van der Waals surface area contributed by atoms with E-state index in [9.17, 15) is 0 Å². The molecule has 2 saturated carbocycles. The van der Waals surface area contributed by atoms with E-state index in [-0.39, 0.29) is 0 Å². The minimum Gasteiger partial charge on any atom is -0.351 e. The van der Waals surface area contributed by atoms with Crippen molar-refractivity contribution in [1.82, 2.24) is 9.97 Å². The van der Waals surface area contributed by atoms with Crippen molar-refractivity contribution >= 4 is 32.8 Å². The quantitative estimate of drug-likeness (QED) is 0.921. The maximum atomic E-state index is 4.56. The molecule has 0 radical (unpaired) electrons. The van der Waals surface area contributed by atoms with E-state index in [4.69, 9.17) is 0 Å². The molecular weight excluding hydrogens is 278 g/mol. The van der Waals surface area contributed by atoms with Crippen LogP contribution in [-0.2, 0) is 0 Å². The van der Waals surface area contributed by atoms with E-state index in [1.165, 1.54) is 19.3 Å². The Morgan fingerprint density at radius 1 is 1.35 bits per heavy atom. The number of hydrogen-bond donors (Lipinski definition) is 1. The van der Waals surface area contributed by atoms with Crippen molar-refractivity contribution in [3.8, 4) is 0 Å². The normalized spacial score (nSPS) is 23.9. The third-order valence-electron chi connectivity index (χ3n) is 3.96. The van der Waals surface area contributed by atoms with Gasteiger partial charge in [0.25, 0.3) is 0 Å². The number of fused-ring (bicyclic) bond motifs is 1. The molecule has 86 valence electrons. The van der Waals surface area contributed by atoms with Crippen LogP contribution in [0.3, 0.4) is 0 Å². The minimum atomic E-state index is 0.618. The molecule has 1 atom stereocenters. The number of anilines is 1. The monoisotopic (exact) mass is 289 g/mol. The Balaban J connectivity index is 1.67. The van der Waals surface area contributed by atoms with E-state index < -0.39 is 0 Å². The summed E-state index contributed by atoms with van der Waals surface area (Å²) >= 11 is 3.51. The molecule has 1 aromatic carbocycles. The van der Waals surface area contributed by atoms with Gasteiger partial charge in [-0.05, 0) is 36.8 Å². The maximum absolute atomic E-state index is 4.56. The fourth-order valence-electron chi connectivity index (χ4n) is 2.51. The smallest absolute Gasteiger partial charge is 0.223 e. The number of aromatic nitrogens is 2. The highest BCUT2D eigenvalue weighted by molar-refractivity contribution is 9.10. The molecule has 0 saturated heterocycles.